The van der Waals surface area contributed by atoms with Gasteiger partial charge >= 0.3 is 0 Å². The summed E-state index contributed by atoms with van der Waals surface area (Å²) in [4.78, 5) is 14.3. The molecule has 0 aromatic heterocycles. The van der Waals surface area contributed by atoms with Crippen molar-refractivity contribution in [2.75, 3.05) is 6.54 Å². The summed E-state index contributed by atoms with van der Waals surface area (Å²) < 4.78 is 6.05. The summed E-state index contributed by atoms with van der Waals surface area (Å²) in [6, 6.07) is 19.1. The first-order chi connectivity index (χ1) is 13.1. The van der Waals surface area contributed by atoms with Gasteiger partial charge in [0.1, 0.15) is 12.4 Å². The van der Waals surface area contributed by atoms with E-state index in [-0.39, 0.29) is 11.3 Å². The van der Waals surface area contributed by atoms with E-state index < -0.39 is 0 Å². The summed E-state index contributed by atoms with van der Waals surface area (Å²) in [5, 5.41) is 0. The van der Waals surface area contributed by atoms with Crippen LogP contribution in [0.3, 0.4) is 0 Å². The van der Waals surface area contributed by atoms with Crippen LogP contribution < -0.4 is 4.74 Å². The van der Waals surface area contributed by atoms with Crippen LogP contribution in [0.15, 0.2) is 66.7 Å². The Hall–Kier alpha value is -2.55. The number of carbonyl (C=O) groups excluding carboxylic acids is 1. The zero-order valence-electron chi connectivity index (χ0n) is 16.1. The third-order valence-electron chi connectivity index (χ3n) is 6.35. The number of nitrogens with zero attached hydrogens (tertiary/aromatic N) is 1. The van der Waals surface area contributed by atoms with E-state index in [1.807, 2.05) is 30.3 Å². The minimum absolute atomic E-state index is 0.0404. The zero-order chi connectivity index (χ0) is 18.9. The Bertz CT molecular complexity index is 844. The fourth-order valence-corrected chi connectivity index (χ4v) is 4.43. The van der Waals surface area contributed by atoms with Crippen molar-refractivity contribution in [1.82, 2.24) is 4.90 Å². The standard InChI is InChI=1S/C24H27NO2/c1-18-16-25-21(11-7-13-23(25)26)15-24(18,2)20-10-6-12-22(14-20)27-17-19-8-4-3-5-9-19/h3-10,12-14,18,21H,11,15-17H2,1-2H3/t18-,21-,24+/m0/s1. The van der Waals surface area contributed by atoms with Crippen molar-refractivity contribution in [3.8, 4) is 5.75 Å². The van der Waals surface area contributed by atoms with E-state index in [9.17, 15) is 4.79 Å². The minimum atomic E-state index is 0.0404. The fraction of sp³-hybridized carbons (Fsp3) is 0.375. The fourth-order valence-electron chi connectivity index (χ4n) is 4.43. The molecule has 2 aromatic rings. The van der Waals surface area contributed by atoms with Gasteiger partial charge in [-0.3, -0.25) is 4.79 Å². The van der Waals surface area contributed by atoms with E-state index in [0.717, 1.165) is 25.1 Å². The van der Waals surface area contributed by atoms with Crippen molar-refractivity contribution in [3.05, 3.63) is 77.9 Å². The quantitative estimate of drug-likeness (QED) is 0.788. The van der Waals surface area contributed by atoms with Gasteiger partial charge in [0, 0.05) is 12.6 Å². The van der Waals surface area contributed by atoms with Gasteiger partial charge in [-0.25, -0.2) is 0 Å². The number of piperidine rings is 1. The molecule has 1 amide bonds. The molecule has 2 aliphatic rings. The molecule has 1 saturated heterocycles. The number of benzene rings is 2. The van der Waals surface area contributed by atoms with Gasteiger partial charge in [-0.2, -0.15) is 0 Å². The van der Waals surface area contributed by atoms with E-state index in [4.69, 9.17) is 4.74 Å². The highest BCUT2D eigenvalue weighted by atomic mass is 16.5. The van der Waals surface area contributed by atoms with Crippen LogP contribution in [0.2, 0.25) is 0 Å². The molecule has 2 aliphatic heterocycles. The maximum atomic E-state index is 12.2. The Morgan fingerprint density at radius 2 is 1.96 bits per heavy atom. The van der Waals surface area contributed by atoms with Crippen LogP contribution in [0.25, 0.3) is 0 Å². The van der Waals surface area contributed by atoms with Crippen molar-refractivity contribution in [2.24, 2.45) is 5.92 Å². The highest BCUT2D eigenvalue weighted by Gasteiger charge is 2.44. The molecule has 0 spiro atoms. The molecule has 140 valence electrons. The lowest BCUT2D eigenvalue weighted by Gasteiger charge is -2.50. The minimum Gasteiger partial charge on any atom is -0.489 e. The van der Waals surface area contributed by atoms with E-state index in [1.54, 1.807) is 6.08 Å². The van der Waals surface area contributed by atoms with Crippen LogP contribution >= 0.6 is 0 Å². The first-order valence-corrected chi connectivity index (χ1v) is 9.81. The molecule has 0 bridgehead atoms. The Morgan fingerprint density at radius 1 is 1.15 bits per heavy atom. The molecule has 1 fully saturated rings. The average Bonchev–Trinajstić information content (AvgIpc) is 2.69. The number of carbonyl (C=O) groups is 1. The number of hydrogen-bond acceptors (Lipinski definition) is 2. The third-order valence-corrected chi connectivity index (χ3v) is 6.35. The molecule has 0 radical (unpaired) electrons. The molecule has 0 aliphatic carbocycles. The summed E-state index contributed by atoms with van der Waals surface area (Å²) >= 11 is 0. The van der Waals surface area contributed by atoms with E-state index in [2.05, 4.69) is 49.1 Å². The Labute approximate surface area is 161 Å². The molecule has 2 aromatic carbocycles. The number of hydrogen-bond donors (Lipinski definition) is 0. The topological polar surface area (TPSA) is 29.5 Å². The molecule has 0 saturated carbocycles. The highest BCUT2D eigenvalue weighted by Crippen LogP contribution is 2.44. The SMILES string of the molecule is C[C@H]1CN2C(=O)C=CC[C@H]2C[C@@]1(C)c1cccc(OCc2ccccc2)c1. The summed E-state index contributed by atoms with van der Waals surface area (Å²) in [6.07, 6.45) is 5.70. The van der Waals surface area contributed by atoms with Crippen LogP contribution in [-0.4, -0.2) is 23.4 Å². The maximum absolute atomic E-state index is 12.2. The first kappa shape index (κ1) is 17.8. The first-order valence-electron chi connectivity index (χ1n) is 9.81. The summed E-state index contributed by atoms with van der Waals surface area (Å²) in [7, 11) is 0. The highest BCUT2D eigenvalue weighted by molar-refractivity contribution is 5.88. The Morgan fingerprint density at radius 3 is 2.78 bits per heavy atom. The molecule has 3 atom stereocenters. The van der Waals surface area contributed by atoms with Crippen molar-refractivity contribution in [2.45, 2.75) is 44.8 Å². The smallest absolute Gasteiger partial charge is 0.246 e. The number of amides is 1. The summed E-state index contributed by atoms with van der Waals surface area (Å²) in [5.41, 5.74) is 2.52. The van der Waals surface area contributed by atoms with Crippen LogP contribution in [0, 0.1) is 5.92 Å². The van der Waals surface area contributed by atoms with Crippen molar-refractivity contribution < 1.29 is 9.53 Å². The summed E-state index contributed by atoms with van der Waals surface area (Å²) in [5.74, 6) is 1.47. The van der Waals surface area contributed by atoms with Crippen LogP contribution in [0.5, 0.6) is 5.75 Å². The Kier molecular flexibility index (Phi) is 4.77. The number of ether oxygens (including phenoxy) is 1. The van der Waals surface area contributed by atoms with Gasteiger partial charge in [0.05, 0.1) is 0 Å². The molecule has 3 nitrogen and oxygen atoms in total. The van der Waals surface area contributed by atoms with Gasteiger partial charge in [0.25, 0.3) is 0 Å². The molecular weight excluding hydrogens is 334 g/mol. The van der Waals surface area contributed by atoms with Gasteiger partial charge < -0.3 is 9.64 Å². The van der Waals surface area contributed by atoms with Gasteiger partial charge in [-0.05, 0) is 53.5 Å². The maximum Gasteiger partial charge on any atom is 0.246 e. The number of fused-ring (bicyclic) bond motifs is 1. The lowest BCUT2D eigenvalue weighted by atomic mass is 9.65. The predicted octanol–water partition coefficient (Wildman–Crippen LogP) is 4.72. The number of rotatable bonds is 4. The van der Waals surface area contributed by atoms with E-state index >= 15 is 0 Å². The van der Waals surface area contributed by atoms with Crippen molar-refractivity contribution in [3.63, 3.8) is 0 Å². The third kappa shape index (κ3) is 3.51. The van der Waals surface area contributed by atoms with Crippen LogP contribution in [0.1, 0.15) is 37.8 Å². The molecule has 3 heteroatoms. The van der Waals surface area contributed by atoms with Crippen LogP contribution in [-0.2, 0) is 16.8 Å². The van der Waals surface area contributed by atoms with E-state index in [0.29, 0.717) is 18.6 Å². The largest absolute Gasteiger partial charge is 0.489 e. The van der Waals surface area contributed by atoms with Crippen molar-refractivity contribution >= 4 is 5.91 Å². The molecule has 0 unspecified atom stereocenters. The monoisotopic (exact) mass is 361 g/mol. The van der Waals surface area contributed by atoms with Gasteiger partial charge in [0.15, 0.2) is 0 Å². The normalized spacial score (nSPS) is 27.3. The molecule has 0 N–H and O–H groups in total. The second-order valence-electron chi connectivity index (χ2n) is 8.11. The van der Waals surface area contributed by atoms with E-state index in [1.165, 1.54) is 11.1 Å². The average molecular weight is 361 g/mol. The van der Waals surface area contributed by atoms with Crippen LogP contribution in [0.4, 0.5) is 0 Å². The molecular formula is C24H27NO2. The second kappa shape index (κ2) is 7.22. The zero-order valence-corrected chi connectivity index (χ0v) is 16.1. The van der Waals surface area contributed by atoms with Gasteiger partial charge in [-0.15, -0.1) is 0 Å². The molecule has 2 heterocycles. The summed E-state index contributed by atoms with van der Waals surface area (Å²) in [6.45, 7) is 6.00. The lowest BCUT2D eigenvalue weighted by Crippen LogP contribution is -2.55. The molecule has 27 heavy (non-hydrogen) atoms. The van der Waals surface area contributed by atoms with Crippen molar-refractivity contribution in [1.29, 1.82) is 0 Å². The van der Waals surface area contributed by atoms with Gasteiger partial charge in [-0.1, -0.05) is 62.4 Å². The Balaban J connectivity index is 1.53. The second-order valence-corrected chi connectivity index (χ2v) is 8.11. The lowest BCUT2D eigenvalue weighted by molar-refractivity contribution is -0.133. The van der Waals surface area contributed by atoms with Gasteiger partial charge in [0.2, 0.25) is 5.91 Å². The molecule has 4 rings (SSSR count). The predicted molar refractivity (Wildman–Crippen MR) is 108 cm³/mol.